The predicted molar refractivity (Wildman–Crippen MR) is 106 cm³/mol. The lowest BCUT2D eigenvalue weighted by Crippen LogP contribution is -2.58. The summed E-state index contributed by atoms with van der Waals surface area (Å²) < 4.78 is 0. The van der Waals surface area contributed by atoms with Crippen molar-refractivity contribution >= 4 is 5.97 Å². The Morgan fingerprint density at radius 1 is 1.07 bits per heavy atom. The van der Waals surface area contributed by atoms with Crippen LogP contribution in [-0.4, -0.2) is 28.4 Å². The van der Waals surface area contributed by atoms with Crippen LogP contribution >= 0.6 is 0 Å². The molecule has 0 aromatic rings. The quantitative estimate of drug-likeness (QED) is 0.771. The molecule has 2 N–H and O–H groups in total. The molecule has 4 saturated carbocycles. The predicted octanol–water partition coefficient (Wildman–Crippen LogP) is 3.14. The monoisotopic (exact) mass is 391 g/mol. The van der Waals surface area contributed by atoms with E-state index in [4.69, 9.17) is 0 Å². The van der Waals surface area contributed by atoms with Gasteiger partial charge in [0.2, 0.25) is 0 Å². The molecule has 0 heterocycles. The molecule has 4 aliphatic carbocycles. The van der Waals surface area contributed by atoms with Gasteiger partial charge in [-0.25, -0.2) is 0 Å². The number of carbonyl (C=O) groups excluding carboxylic acids is 1. The Balaban J connectivity index is 1.56. The van der Waals surface area contributed by atoms with Crippen molar-refractivity contribution in [2.75, 3.05) is 0 Å². The number of carboxylic acid groups (broad SMARTS) is 1. The Morgan fingerprint density at radius 3 is 2.54 bits per heavy atom. The van der Waals surface area contributed by atoms with Crippen LogP contribution in [0.4, 0.5) is 0 Å². The number of hydrogen-bond donors (Lipinski definition) is 2. The van der Waals surface area contributed by atoms with Gasteiger partial charge >= 0.3 is 0 Å². The molecule has 4 fully saturated rings. The molecule has 4 rings (SSSR count). The van der Waals surface area contributed by atoms with Crippen molar-refractivity contribution in [2.24, 2.45) is 46.3 Å². The van der Waals surface area contributed by atoms with E-state index in [9.17, 15) is 20.1 Å². The summed E-state index contributed by atoms with van der Waals surface area (Å²) in [7, 11) is 0. The lowest BCUT2D eigenvalue weighted by molar-refractivity contribution is -0.306. The summed E-state index contributed by atoms with van der Waals surface area (Å²) in [4.78, 5) is 10.9. The standard InChI is InChI=1S/C24H40O4/c1-14(4-9-22(27)28)18-7-8-19-17-6-5-15-12-16(25)10-11-23(15,2)20(17)13-21(26)24(18,19)3/h14-21,25-26H,4-13H2,1-3H3,(H,27,28)/p-1/t14-,15-,16-,17-,18-,19+,20+,21+,23+,24-/m1/s1. The minimum Gasteiger partial charge on any atom is -0.550 e. The SMILES string of the molecule is C[C@H](CCC(=O)[O-])[C@H]1CC[C@H]2[C@H]3CC[C@@H]4C[C@H](O)CC[C@]4(C)[C@H]3C[C@H](O)[C@]12C. The second kappa shape index (κ2) is 7.27. The number of carbonyl (C=O) groups is 1. The largest absolute Gasteiger partial charge is 0.550 e. The van der Waals surface area contributed by atoms with Crippen LogP contribution in [0.3, 0.4) is 0 Å². The first-order chi connectivity index (χ1) is 13.2. The van der Waals surface area contributed by atoms with E-state index in [1.807, 2.05) is 0 Å². The highest BCUT2D eigenvalue weighted by Crippen LogP contribution is 2.68. The van der Waals surface area contributed by atoms with Crippen LogP contribution in [0.5, 0.6) is 0 Å². The van der Waals surface area contributed by atoms with Crippen LogP contribution < -0.4 is 5.11 Å². The zero-order chi connectivity index (χ0) is 20.3. The smallest absolute Gasteiger partial charge is 0.0602 e. The van der Waals surface area contributed by atoms with Crippen LogP contribution in [0.15, 0.2) is 0 Å². The van der Waals surface area contributed by atoms with E-state index in [1.165, 1.54) is 19.3 Å². The van der Waals surface area contributed by atoms with E-state index < -0.39 is 5.97 Å². The molecular formula is C24H39O4-. The van der Waals surface area contributed by atoms with E-state index in [-0.39, 0.29) is 29.5 Å². The molecule has 0 saturated heterocycles. The number of rotatable bonds is 4. The normalized spacial score (nSPS) is 51.7. The molecule has 160 valence electrons. The molecule has 0 amide bonds. The third-order valence-electron chi connectivity index (χ3n) is 10.3. The Bertz CT molecular complexity index is 605. The van der Waals surface area contributed by atoms with Gasteiger partial charge in [-0.15, -0.1) is 0 Å². The highest BCUT2D eigenvalue weighted by Gasteiger charge is 2.63. The summed E-state index contributed by atoms with van der Waals surface area (Å²) in [5.41, 5.74) is 0.188. The third-order valence-corrected chi connectivity index (χ3v) is 10.3. The van der Waals surface area contributed by atoms with Gasteiger partial charge in [0.25, 0.3) is 0 Å². The molecule has 0 radical (unpaired) electrons. The number of aliphatic hydroxyl groups is 2. The maximum atomic E-state index is 11.5. The van der Waals surface area contributed by atoms with Crippen molar-refractivity contribution < 1.29 is 20.1 Å². The molecule has 0 unspecified atom stereocenters. The van der Waals surface area contributed by atoms with Crippen molar-refractivity contribution in [2.45, 2.75) is 97.2 Å². The van der Waals surface area contributed by atoms with Crippen LogP contribution in [0.1, 0.15) is 85.0 Å². The summed E-state index contributed by atoms with van der Waals surface area (Å²) in [6.07, 6.45) is 8.98. The summed E-state index contributed by atoms with van der Waals surface area (Å²) >= 11 is 0. The number of fused-ring (bicyclic) bond motifs is 5. The number of hydrogen-bond acceptors (Lipinski definition) is 4. The molecule has 0 bridgehead atoms. The zero-order valence-electron chi connectivity index (χ0n) is 17.9. The third kappa shape index (κ3) is 3.05. The van der Waals surface area contributed by atoms with E-state index in [1.54, 1.807) is 0 Å². The summed E-state index contributed by atoms with van der Waals surface area (Å²) in [5.74, 6) is 2.19. The number of aliphatic hydroxyl groups excluding tert-OH is 2. The second-order valence-electron chi connectivity index (χ2n) is 11.3. The molecule has 0 aromatic heterocycles. The van der Waals surface area contributed by atoms with Gasteiger partial charge in [-0.2, -0.15) is 0 Å². The molecule has 4 aliphatic rings. The van der Waals surface area contributed by atoms with Gasteiger partial charge in [0.15, 0.2) is 0 Å². The van der Waals surface area contributed by atoms with Crippen LogP contribution in [0.25, 0.3) is 0 Å². The summed E-state index contributed by atoms with van der Waals surface area (Å²) in [5, 5.41) is 32.6. The summed E-state index contributed by atoms with van der Waals surface area (Å²) in [6, 6.07) is 0. The van der Waals surface area contributed by atoms with Gasteiger partial charge in [0.1, 0.15) is 0 Å². The fourth-order valence-corrected chi connectivity index (χ4v) is 8.71. The van der Waals surface area contributed by atoms with Crippen LogP contribution in [0.2, 0.25) is 0 Å². The Kier molecular flexibility index (Phi) is 5.36. The molecule has 10 atom stereocenters. The van der Waals surface area contributed by atoms with Crippen molar-refractivity contribution in [1.29, 1.82) is 0 Å². The fraction of sp³-hybridized carbons (Fsp3) is 0.958. The molecule has 0 aliphatic heterocycles. The lowest BCUT2D eigenvalue weighted by atomic mass is 9.43. The van der Waals surface area contributed by atoms with Crippen molar-refractivity contribution in [3.8, 4) is 0 Å². The van der Waals surface area contributed by atoms with E-state index >= 15 is 0 Å². The van der Waals surface area contributed by atoms with E-state index in [2.05, 4.69) is 20.8 Å². The average molecular weight is 392 g/mol. The van der Waals surface area contributed by atoms with E-state index in [0.717, 1.165) is 32.1 Å². The van der Waals surface area contributed by atoms with E-state index in [0.29, 0.717) is 41.9 Å². The summed E-state index contributed by atoms with van der Waals surface area (Å²) in [6.45, 7) is 6.94. The molecule has 28 heavy (non-hydrogen) atoms. The molecule has 0 spiro atoms. The molecule has 4 heteroatoms. The van der Waals surface area contributed by atoms with Gasteiger partial charge in [0, 0.05) is 5.97 Å². The Labute approximate surface area is 170 Å². The highest BCUT2D eigenvalue weighted by molar-refractivity contribution is 5.64. The average Bonchev–Trinajstić information content (AvgIpc) is 3.00. The maximum Gasteiger partial charge on any atom is 0.0602 e. The lowest BCUT2D eigenvalue weighted by Gasteiger charge is -2.62. The first-order valence-electron chi connectivity index (χ1n) is 11.7. The minimum atomic E-state index is -0.957. The molecule has 0 aromatic carbocycles. The van der Waals surface area contributed by atoms with Gasteiger partial charge < -0.3 is 20.1 Å². The van der Waals surface area contributed by atoms with Gasteiger partial charge in [-0.1, -0.05) is 20.8 Å². The Hall–Kier alpha value is -0.610. The maximum absolute atomic E-state index is 11.5. The van der Waals surface area contributed by atoms with Crippen molar-refractivity contribution in [1.82, 2.24) is 0 Å². The topological polar surface area (TPSA) is 80.6 Å². The van der Waals surface area contributed by atoms with Crippen LogP contribution in [0, 0.1) is 46.3 Å². The minimum absolute atomic E-state index is 0.0795. The van der Waals surface area contributed by atoms with Crippen molar-refractivity contribution in [3.63, 3.8) is 0 Å². The molecular weight excluding hydrogens is 352 g/mol. The second-order valence-corrected chi connectivity index (χ2v) is 11.3. The highest BCUT2D eigenvalue weighted by atomic mass is 16.4. The first kappa shape index (κ1) is 20.7. The number of aliphatic carboxylic acids is 1. The number of carboxylic acids is 1. The molecule has 4 nitrogen and oxygen atoms in total. The van der Waals surface area contributed by atoms with Crippen molar-refractivity contribution in [3.05, 3.63) is 0 Å². The van der Waals surface area contributed by atoms with Gasteiger partial charge in [-0.05, 0) is 111 Å². The van der Waals surface area contributed by atoms with Gasteiger partial charge in [-0.3, -0.25) is 0 Å². The van der Waals surface area contributed by atoms with Crippen LogP contribution in [-0.2, 0) is 4.79 Å². The van der Waals surface area contributed by atoms with Gasteiger partial charge in [0.05, 0.1) is 12.2 Å². The first-order valence-corrected chi connectivity index (χ1v) is 11.7. The fourth-order valence-electron chi connectivity index (χ4n) is 8.71. The Morgan fingerprint density at radius 2 is 1.82 bits per heavy atom. The zero-order valence-corrected chi connectivity index (χ0v) is 17.9.